The molecule has 1 aliphatic carbocycles. The van der Waals surface area contributed by atoms with E-state index in [0.717, 1.165) is 42.4 Å². The van der Waals surface area contributed by atoms with Gasteiger partial charge in [-0.05, 0) is 49.3 Å². The third-order valence-corrected chi connectivity index (χ3v) is 8.22. The number of hydrogen-bond donors (Lipinski definition) is 1. The highest BCUT2D eigenvalue weighted by molar-refractivity contribution is 7.14. The lowest BCUT2D eigenvalue weighted by molar-refractivity contribution is -0.135. The van der Waals surface area contributed by atoms with Crippen LogP contribution in [0, 0.1) is 0 Å². The molecule has 8 heteroatoms. The minimum absolute atomic E-state index is 0.0591. The van der Waals surface area contributed by atoms with Crippen molar-refractivity contribution in [1.82, 2.24) is 4.98 Å². The average molecular weight is 574 g/mol. The van der Waals surface area contributed by atoms with Crippen molar-refractivity contribution in [2.75, 3.05) is 11.9 Å². The molecule has 1 N–H and O–H groups in total. The van der Waals surface area contributed by atoms with E-state index >= 15 is 0 Å². The largest absolute Gasteiger partial charge is 0.461 e. The smallest absolute Gasteiger partial charge is 0.362 e. The van der Waals surface area contributed by atoms with E-state index in [-0.39, 0.29) is 23.8 Å². The quantitative estimate of drug-likeness (QED) is 0.0704. The van der Waals surface area contributed by atoms with Crippen molar-refractivity contribution in [3.05, 3.63) is 119 Å². The number of esters is 1. The van der Waals surface area contributed by atoms with Gasteiger partial charge in [0, 0.05) is 10.8 Å². The Balaban J connectivity index is 1.53. The van der Waals surface area contributed by atoms with Crippen molar-refractivity contribution in [2.24, 2.45) is 5.16 Å². The Hall–Kier alpha value is -3.68. The van der Waals surface area contributed by atoms with Gasteiger partial charge in [-0.3, -0.25) is 0 Å². The highest BCUT2D eigenvalue weighted by atomic mass is 35.5. The van der Waals surface area contributed by atoms with Gasteiger partial charge in [0.25, 0.3) is 0 Å². The number of benzene rings is 3. The number of oxime groups is 1. The molecule has 6 nitrogen and oxygen atoms in total. The summed E-state index contributed by atoms with van der Waals surface area (Å²) in [7, 11) is 0. The molecule has 206 valence electrons. The number of nitrogens with one attached hydrogen (secondary N) is 1. The molecule has 0 radical (unpaired) electrons. The zero-order valence-corrected chi connectivity index (χ0v) is 23.9. The molecule has 0 unspecified atom stereocenters. The molecule has 0 saturated heterocycles. The molecule has 0 atom stereocenters. The predicted molar refractivity (Wildman–Crippen MR) is 161 cm³/mol. The SMILES string of the molecule is CCOC(=O)/C(=N\OC1CCC(Cl)CC1)c1csc(NC(c2ccccc2)(c2ccccc2)c2ccccc2)n1. The average Bonchev–Trinajstić information content (AvgIpc) is 3.46. The molecule has 40 heavy (non-hydrogen) atoms. The van der Waals surface area contributed by atoms with Crippen molar-refractivity contribution in [3.63, 3.8) is 0 Å². The highest BCUT2D eigenvalue weighted by Crippen LogP contribution is 2.40. The molecule has 1 aliphatic rings. The van der Waals surface area contributed by atoms with E-state index in [1.165, 1.54) is 11.3 Å². The summed E-state index contributed by atoms with van der Waals surface area (Å²) in [5.41, 5.74) is 2.89. The summed E-state index contributed by atoms with van der Waals surface area (Å²) in [6.07, 6.45) is 3.23. The number of thiazole rings is 1. The number of rotatable bonds is 10. The fourth-order valence-electron chi connectivity index (χ4n) is 5.02. The van der Waals surface area contributed by atoms with E-state index in [0.29, 0.717) is 10.8 Å². The van der Waals surface area contributed by atoms with Crippen LogP contribution in [0.4, 0.5) is 5.13 Å². The van der Waals surface area contributed by atoms with Gasteiger partial charge in [0.05, 0.1) is 6.61 Å². The normalized spacial score (nSPS) is 17.7. The molecule has 1 heterocycles. The van der Waals surface area contributed by atoms with E-state index in [9.17, 15) is 4.79 Å². The van der Waals surface area contributed by atoms with Crippen molar-refractivity contribution >= 4 is 39.8 Å². The highest BCUT2D eigenvalue weighted by Gasteiger charge is 2.37. The lowest BCUT2D eigenvalue weighted by Gasteiger charge is -2.36. The Morgan fingerprint density at radius 1 is 0.925 bits per heavy atom. The Morgan fingerprint density at radius 3 is 1.95 bits per heavy atom. The summed E-state index contributed by atoms with van der Waals surface area (Å²) in [6.45, 7) is 1.99. The van der Waals surface area contributed by atoms with Gasteiger partial charge in [-0.1, -0.05) is 96.2 Å². The van der Waals surface area contributed by atoms with E-state index in [4.69, 9.17) is 26.2 Å². The standard InChI is InChI=1S/C32H32ClN3O3S/c1-2-38-30(37)29(36-39-27-20-18-26(33)19-21-27)28-22-40-31(34-28)35-32(23-12-6-3-7-13-23,24-14-8-4-9-15-24)25-16-10-5-11-17-25/h3-17,22,26-27H,2,18-21H2,1H3,(H,34,35)/b36-29-. The second-order valence-corrected chi connectivity index (χ2v) is 11.1. The van der Waals surface area contributed by atoms with Crippen molar-refractivity contribution in [3.8, 4) is 0 Å². The third-order valence-electron chi connectivity index (χ3n) is 7.03. The first-order valence-corrected chi connectivity index (χ1v) is 14.9. The van der Waals surface area contributed by atoms with Crippen LogP contribution in [0.2, 0.25) is 0 Å². The van der Waals surface area contributed by atoms with Gasteiger partial charge in [-0.2, -0.15) is 0 Å². The summed E-state index contributed by atoms with van der Waals surface area (Å²) < 4.78 is 5.31. The minimum atomic E-state index is -0.739. The van der Waals surface area contributed by atoms with Gasteiger partial charge >= 0.3 is 5.97 Å². The lowest BCUT2D eigenvalue weighted by Crippen LogP contribution is -2.38. The first-order chi connectivity index (χ1) is 19.6. The van der Waals surface area contributed by atoms with Crippen LogP contribution in [0.5, 0.6) is 0 Å². The first kappa shape index (κ1) is 27.9. The topological polar surface area (TPSA) is 72.8 Å². The number of nitrogens with zero attached hydrogens (tertiary/aromatic N) is 2. The molecule has 0 spiro atoms. The second kappa shape index (κ2) is 13.1. The third kappa shape index (κ3) is 6.21. The monoisotopic (exact) mass is 573 g/mol. The second-order valence-electron chi connectivity index (χ2n) is 9.65. The van der Waals surface area contributed by atoms with Crippen LogP contribution in [-0.4, -0.2) is 34.8 Å². The van der Waals surface area contributed by atoms with Gasteiger partial charge in [-0.15, -0.1) is 22.9 Å². The zero-order valence-electron chi connectivity index (χ0n) is 22.3. The van der Waals surface area contributed by atoms with Crippen LogP contribution in [-0.2, 0) is 19.9 Å². The van der Waals surface area contributed by atoms with Crippen LogP contribution in [0.3, 0.4) is 0 Å². The Kier molecular flexibility index (Phi) is 9.14. The summed E-state index contributed by atoms with van der Waals surface area (Å²) >= 11 is 7.64. The van der Waals surface area contributed by atoms with E-state index < -0.39 is 11.5 Å². The van der Waals surface area contributed by atoms with E-state index in [1.54, 1.807) is 6.92 Å². The fourth-order valence-corrected chi connectivity index (χ4v) is 6.03. The van der Waals surface area contributed by atoms with E-state index in [2.05, 4.69) is 46.9 Å². The van der Waals surface area contributed by atoms with Gasteiger partial charge in [0.1, 0.15) is 17.3 Å². The molecular weight excluding hydrogens is 542 g/mol. The molecular formula is C32H32ClN3O3S. The first-order valence-electron chi connectivity index (χ1n) is 13.6. The number of aromatic nitrogens is 1. The van der Waals surface area contributed by atoms with Crippen LogP contribution in [0.25, 0.3) is 0 Å². The number of carbonyl (C=O) groups excluding carboxylic acids is 1. The number of halogens is 1. The van der Waals surface area contributed by atoms with Crippen LogP contribution in [0.15, 0.2) is 102 Å². The summed E-state index contributed by atoms with van der Waals surface area (Å²) in [6, 6.07) is 30.9. The van der Waals surface area contributed by atoms with Gasteiger partial charge < -0.3 is 14.9 Å². The van der Waals surface area contributed by atoms with Gasteiger partial charge in [-0.25, -0.2) is 9.78 Å². The summed E-state index contributed by atoms with van der Waals surface area (Å²) in [4.78, 5) is 23.5. The van der Waals surface area contributed by atoms with Gasteiger partial charge in [0.2, 0.25) is 5.71 Å². The zero-order chi connectivity index (χ0) is 27.8. The molecule has 1 saturated carbocycles. The molecule has 0 amide bonds. The molecule has 1 aromatic heterocycles. The molecule has 4 aromatic rings. The summed E-state index contributed by atoms with van der Waals surface area (Å²) in [5.74, 6) is -0.564. The van der Waals surface area contributed by atoms with E-state index in [1.807, 2.05) is 60.0 Å². The number of carbonyl (C=O) groups is 1. The Labute approximate surface area is 244 Å². The number of hydrogen-bond acceptors (Lipinski definition) is 7. The van der Waals surface area contributed by atoms with Crippen molar-refractivity contribution < 1.29 is 14.4 Å². The molecule has 0 aliphatic heterocycles. The molecule has 1 fully saturated rings. The van der Waals surface area contributed by atoms with Crippen LogP contribution >= 0.6 is 22.9 Å². The molecule has 0 bridgehead atoms. The minimum Gasteiger partial charge on any atom is -0.461 e. The lowest BCUT2D eigenvalue weighted by atomic mass is 9.77. The van der Waals surface area contributed by atoms with Crippen molar-refractivity contribution in [2.45, 2.75) is 49.6 Å². The maximum absolute atomic E-state index is 12.9. The summed E-state index contributed by atoms with van der Waals surface area (Å²) in [5, 5.41) is 10.6. The van der Waals surface area contributed by atoms with Crippen LogP contribution < -0.4 is 5.32 Å². The van der Waals surface area contributed by atoms with Crippen molar-refractivity contribution in [1.29, 1.82) is 0 Å². The molecule has 3 aromatic carbocycles. The maximum Gasteiger partial charge on any atom is 0.362 e. The van der Waals surface area contributed by atoms with Gasteiger partial charge in [0.15, 0.2) is 5.13 Å². The molecule has 5 rings (SSSR count). The van der Waals surface area contributed by atoms with Crippen LogP contribution in [0.1, 0.15) is 55.0 Å². The fraction of sp³-hybridized carbons (Fsp3) is 0.281. The number of alkyl halides is 1. The predicted octanol–water partition coefficient (Wildman–Crippen LogP) is 7.38. The Morgan fingerprint density at radius 2 is 1.45 bits per heavy atom. The number of anilines is 1. The Bertz CT molecular complexity index is 1310. The maximum atomic E-state index is 12.9. The number of ether oxygens (including phenoxy) is 1.